The molecule has 1 aromatic rings. The highest BCUT2D eigenvalue weighted by atomic mass is 79.9. The smallest absolute Gasteiger partial charge is 0.129 e. The van der Waals surface area contributed by atoms with Gasteiger partial charge in [-0.3, -0.25) is 0 Å². The van der Waals surface area contributed by atoms with E-state index in [2.05, 4.69) is 21.2 Å². The molecule has 1 fully saturated rings. The molecule has 0 aromatic heterocycles. The van der Waals surface area contributed by atoms with Crippen LogP contribution in [0.2, 0.25) is 0 Å². The first-order valence-electron chi connectivity index (χ1n) is 4.54. The second kappa shape index (κ2) is 4.38. The molecule has 1 unspecified atom stereocenters. The molecule has 76 valence electrons. The second-order valence-corrected chi connectivity index (χ2v) is 4.15. The molecular weight excluding hydrogens is 249 g/mol. The summed E-state index contributed by atoms with van der Waals surface area (Å²) < 4.78 is 19.8. The molecule has 0 bridgehead atoms. The van der Waals surface area contributed by atoms with Gasteiger partial charge >= 0.3 is 0 Å². The maximum absolute atomic E-state index is 13.4. The van der Waals surface area contributed by atoms with Crippen LogP contribution < -0.4 is 5.32 Å². The SMILES string of the molecule is Fc1ccc(Br)cc1C1CNCCO1. The molecule has 4 heteroatoms. The van der Waals surface area contributed by atoms with E-state index in [9.17, 15) is 4.39 Å². The lowest BCUT2D eigenvalue weighted by atomic mass is 10.1. The van der Waals surface area contributed by atoms with E-state index >= 15 is 0 Å². The van der Waals surface area contributed by atoms with Crippen molar-refractivity contribution in [1.82, 2.24) is 5.32 Å². The summed E-state index contributed by atoms with van der Waals surface area (Å²) in [5, 5.41) is 3.17. The van der Waals surface area contributed by atoms with E-state index in [1.807, 2.05) is 0 Å². The quantitative estimate of drug-likeness (QED) is 0.836. The third-order valence-corrected chi connectivity index (χ3v) is 2.73. The fourth-order valence-electron chi connectivity index (χ4n) is 1.53. The molecule has 1 atom stereocenters. The largest absolute Gasteiger partial charge is 0.371 e. The summed E-state index contributed by atoms with van der Waals surface area (Å²) in [5.74, 6) is -0.207. The topological polar surface area (TPSA) is 21.3 Å². The predicted molar refractivity (Wildman–Crippen MR) is 55.7 cm³/mol. The van der Waals surface area contributed by atoms with Crippen molar-refractivity contribution < 1.29 is 9.13 Å². The number of morpholine rings is 1. The Kier molecular flexibility index (Phi) is 3.15. The molecule has 0 saturated carbocycles. The molecule has 1 heterocycles. The van der Waals surface area contributed by atoms with E-state index in [1.165, 1.54) is 6.07 Å². The van der Waals surface area contributed by atoms with Crippen LogP contribution in [0.4, 0.5) is 4.39 Å². The Labute approximate surface area is 90.6 Å². The number of halogens is 2. The van der Waals surface area contributed by atoms with Crippen molar-refractivity contribution in [2.45, 2.75) is 6.10 Å². The number of rotatable bonds is 1. The van der Waals surface area contributed by atoms with Crippen LogP contribution in [0.5, 0.6) is 0 Å². The Morgan fingerprint density at radius 2 is 2.36 bits per heavy atom. The van der Waals surface area contributed by atoms with Gasteiger partial charge in [-0.1, -0.05) is 15.9 Å². The van der Waals surface area contributed by atoms with Crippen LogP contribution in [0.15, 0.2) is 22.7 Å². The Hall–Kier alpha value is -0.450. The first-order chi connectivity index (χ1) is 6.77. The van der Waals surface area contributed by atoms with E-state index in [4.69, 9.17) is 4.74 Å². The van der Waals surface area contributed by atoms with Gasteiger partial charge in [-0.25, -0.2) is 4.39 Å². The molecule has 14 heavy (non-hydrogen) atoms. The lowest BCUT2D eigenvalue weighted by Crippen LogP contribution is -2.33. The van der Waals surface area contributed by atoms with Gasteiger partial charge < -0.3 is 10.1 Å². The van der Waals surface area contributed by atoms with E-state index in [-0.39, 0.29) is 11.9 Å². The number of ether oxygens (including phenoxy) is 1. The minimum absolute atomic E-state index is 0.166. The van der Waals surface area contributed by atoms with Gasteiger partial charge in [-0.15, -0.1) is 0 Å². The van der Waals surface area contributed by atoms with Gasteiger partial charge in [-0.05, 0) is 18.2 Å². The predicted octanol–water partition coefficient (Wildman–Crippen LogP) is 2.25. The van der Waals surface area contributed by atoms with Crippen LogP contribution in [0.3, 0.4) is 0 Å². The van der Waals surface area contributed by atoms with Gasteiger partial charge in [0.2, 0.25) is 0 Å². The standard InChI is InChI=1S/C10H11BrFNO/c11-7-1-2-9(12)8(5-7)10-6-13-3-4-14-10/h1-2,5,10,13H,3-4,6H2. The van der Waals surface area contributed by atoms with E-state index < -0.39 is 0 Å². The molecule has 0 amide bonds. The van der Waals surface area contributed by atoms with Gasteiger partial charge in [0.25, 0.3) is 0 Å². The number of benzene rings is 1. The Balaban J connectivity index is 2.24. The van der Waals surface area contributed by atoms with Crippen LogP contribution in [0, 0.1) is 5.82 Å². The van der Waals surface area contributed by atoms with Crippen LogP contribution >= 0.6 is 15.9 Å². The van der Waals surface area contributed by atoms with Gasteiger partial charge in [0.1, 0.15) is 5.82 Å². The lowest BCUT2D eigenvalue weighted by Gasteiger charge is -2.24. The van der Waals surface area contributed by atoms with Gasteiger partial charge in [0.15, 0.2) is 0 Å². The van der Waals surface area contributed by atoms with Crippen LogP contribution in [0.25, 0.3) is 0 Å². The molecule has 0 aliphatic carbocycles. The van der Waals surface area contributed by atoms with E-state index in [0.717, 1.165) is 11.0 Å². The van der Waals surface area contributed by atoms with Gasteiger partial charge in [0.05, 0.1) is 12.7 Å². The summed E-state index contributed by atoms with van der Waals surface area (Å²) in [6.45, 7) is 2.15. The highest BCUT2D eigenvalue weighted by molar-refractivity contribution is 9.10. The van der Waals surface area contributed by atoms with Gasteiger partial charge in [0, 0.05) is 23.1 Å². The fourth-order valence-corrected chi connectivity index (χ4v) is 1.91. The summed E-state index contributed by atoms with van der Waals surface area (Å²) in [6, 6.07) is 4.92. The maximum atomic E-state index is 13.4. The summed E-state index contributed by atoms with van der Waals surface area (Å²) in [4.78, 5) is 0. The van der Waals surface area contributed by atoms with Crippen molar-refractivity contribution in [1.29, 1.82) is 0 Å². The highest BCUT2D eigenvalue weighted by Crippen LogP contribution is 2.24. The van der Waals surface area contributed by atoms with Crippen molar-refractivity contribution in [3.63, 3.8) is 0 Å². The zero-order chi connectivity index (χ0) is 9.97. The van der Waals surface area contributed by atoms with Crippen LogP contribution in [0.1, 0.15) is 11.7 Å². The minimum Gasteiger partial charge on any atom is -0.371 e. The van der Waals surface area contributed by atoms with Crippen LogP contribution in [-0.4, -0.2) is 19.7 Å². The van der Waals surface area contributed by atoms with Crippen LogP contribution in [-0.2, 0) is 4.74 Å². The summed E-state index contributed by atoms with van der Waals surface area (Å²) in [7, 11) is 0. The summed E-state index contributed by atoms with van der Waals surface area (Å²) in [6.07, 6.45) is -0.166. The Morgan fingerprint density at radius 1 is 1.50 bits per heavy atom. The normalized spacial score (nSPS) is 22.3. The van der Waals surface area contributed by atoms with Gasteiger partial charge in [-0.2, -0.15) is 0 Å². The second-order valence-electron chi connectivity index (χ2n) is 3.23. The average Bonchev–Trinajstić information content (AvgIpc) is 2.23. The monoisotopic (exact) mass is 259 g/mol. The maximum Gasteiger partial charge on any atom is 0.129 e. The summed E-state index contributed by atoms with van der Waals surface area (Å²) >= 11 is 3.32. The fraction of sp³-hybridized carbons (Fsp3) is 0.400. The van der Waals surface area contributed by atoms with Crippen molar-refractivity contribution in [2.24, 2.45) is 0 Å². The summed E-state index contributed by atoms with van der Waals surface area (Å²) in [5.41, 5.74) is 0.617. The van der Waals surface area contributed by atoms with Crippen molar-refractivity contribution in [3.05, 3.63) is 34.1 Å². The molecule has 1 aromatic carbocycles. The zero-order valence-corrected chi connectivity index (χ0v) is 9.18. The first kappa shape index (κ1) is 10.1. The molecular formula is C10H11BrFNO. The molecule has 0 spiro atoms. The molecule has 1 N–H and O–H groups in total. The zero-order valence-electron chi connectivity index (χ0n) is 7.59. The van der Waals surface area contributed by atoms with Crippen molar-refractivity contribution >= 4 is 15.9 Å². The molecule has 2 nitrogen and oxygen atoms in total. The molecule has 1 saturated heterocycles. The first-order valence-corrected chi connectivity index (χ1v) is 5.34. The van der Waals surface area contributed by atoms with Crippen molar-refractivity contribution in [3.8, 4) is 0 Å². The van der Waals surface area contributed by atoms with E-state index in [1.54, 1.807) is 12.1 Å². The van der Waals surface area contributed by atoms with E-state index in [0.29, 0.717) is 18.7 Å². The highest BCUT2D eigenvalue weighted by Gasteiger charge is 2.19. The molecule has 1 aliphatic rings. The minimum atomic E-state index is -0.207. The number of hydrogen-bond donors (Lipinski definition) is 1. The Morgan fingerprint density at radius 3 is 3.07 bits per heavy atom. The molecule has 0 radical (unpaired) electrons. The average molecular weight is 260 g/mol. The Bertz CT molecular complexity index is 326. The van der Waals surface area contributed by atoms with Crippen molar-refractivity contribution in [2.75, 3.05) is 19.7 Å². The lowest BCUT2D eigenvalue weighted by molar-refractivity contribution is 0.0255. The third-order valence-electron chi connectivity index (χ3n) is 2.23. The third kappa shape index (κ3) is 2.13. The molecule has 2 rings (SSSR count). The number of nitrogens with one attached hydrogen (secondary N) is 1. The molecule has 1 aliphatic heterocycles. The number of hydrogen-bond acceptors (Lipinski definition) is 2.